The Hall–Kier alpha value is -2.89. The van der Waals surface area contributed by atoms with Crippen LogP contribution in [0.4, 0.5) is 11.5 Å². The summed E-state index contributed by atoms with van der Waals surface area (Å²) in [4.78, 5) is 30.7. The molecule has 1 N–H and O–H groups in total. The molecule has 0 spiro atoms. The number of aromatic nitrogens is 1. The Morgan fingerprint density at radius 1 is 1.26 bits per heavy atom. The lowest BCUT2D eigenvalue weighted by Gasteiger charge is -2.36. The number of pyridine rings is 1. The van der Waals surface area contributed by atoms with Gasteiger partial charge in [0.05, 0.1) is 0 Å². The third-order valence-corrected chi connectivity index (χ3v) is 3.84. The standard InChI is InChI=1S/C17H17N3O3/c1-11-6-8-12(9-7-11)19-15(21)17(2)16(22)20(3)14-13(23-17)5-4-10-18-14/h4-10H,1-3H3,(H,19,21)/t17-/m0/s1. The second-order valence-corrected chi connectivity index (χ2v) is 5.64. The van der Waals surface area contributed by atoms with E-state index in [0.717, 1.165) is 5.56 Å². The van der Waals surface area contributed by atoms with E-state index in [1.54, 1.807) is 37.5 Å². The predicted octanol–water partition coefficient (Wildman–Crippen LogP) is 2.14. The van der Waals surface area contributed by atoms with Crippen molar-refractivity contribution < 1.29 is 14.3 Å². The first-order valence-corrected chi connectivity index (χ1v) is 7.22. The van der Waals surface area contributed by atoms with Gasteiger partial charge in [-0.15, -0.1) is 0 Å². The maximum atomic E-state index is 12.6. The number of anilines is 2. The monoisotopic (exact) mass is 311 g/mol. The van der Waals surface area contributed by atoms with Crippen LogP contribution in [0.1, 0.15) is 12.5 Å². The molecule has 2 aromatic rings. The average Bonchev–Trinajstić information content (AvgIpc) is 2.55. The van der Waals surface area contributed by atoms with E-state index >= 15 is 0 Å². The lowest BCUT2D eigenvalue weighted by molar-refractivity contribution is -0.145. The summed E-state index contributed by atoms with van der Waals surface area (Å²) in [5, 5.41) is 2.73. The Morgan fingerprint density at radius 3 is 2.65 bits per heavy atom. The van der Waals surface area contributed by atoms with Gasteiger partial charge in [-0.1, -0.05) is 17.7 Å². The minimum absolute atomic E-state index is 0.399. The second kappa shape index (κ2) is 5.39. The van der Waals surface area contributed by atoms with Crippen molar-refractivity contribution in [3.8, 4) is 5.75 Å². The smallest absolute Gasteiger partial charge is 0.281 e. The molecule has 1 aliphatic heterocycles. The molecule has 1 aromatic carbocycles. The number of rotatable bonds is 2. The van der Waals surface area contributed by atoms with Crippen molar-refractivity contribution in [3.63, 3.8) is 0 Å². The van der Waals surface area contributed by atoms with Crippen LogP contribution in [0.3, 0.4) is 0 Å². The van der Waals surface area contributed by atoms with Crippen LogP contribution in [-0.2, 0) is 9.59 Å². The van der Waals surface area contributed by atoms with Gasteiger partial charge in [0.2, 0.25) is 0 Å². The number of likely N-dealkylation sites (N-methyl/N-ethyl adjacent to an activating group) is 1. The molecule has 23 heavy (non-hydrogen) atoms. The number of ether oxygens (including phenoxy) is 1. The van der Waals surface area contributed by atoms with Crippen LogP contribution in [0, 0.1) is 6.92 Å². The van der Waals surface area contributed by atoms with Gasteiger partial charge in [0, 0.05) is 18.9 Å². The van der Waals surface area contributed by atoms with Crippen molar-refractivity contribution in [2.45, 2.75) is 19.4 Å². The normalized spacial score (nSPS) is 19.8. The molecule has 1 aliphatic rings. The van der Waals surface area contributed by atoms with Crippen LogP contribution in [0.2, 0.25) is 0 Å². The topological polar surface area (TPSA) is 71.5 Å². The van der Waals surface area contributed by atoms with Gasteiger partial charge < -0.3 is 10.1 Å². The van der Waals surface area contributed by atoms with E-state index in [1.807, 2.05) is 19.1 Å². The Morgan fingerprint density at radius 2 is 1.96 bits per heavy atom. The molecule has 2 amide bonds. The van der Waals surface area contributed by atoms with E-state index in [-0.39, 0.29) is 0 Å². The minimum atomic E-state index is -1.64. The molecule has 0 aliphatic carbocycles. The van der Waals surface area contributed by atoms with Crippen LogP contribution >= 0.6 is 0 Å². The van der Waals surface area contributed by atoms with Crippen LogP contribution in [0.5, 0.6) is 5.75 Å². The van der Waals surface area contributed by atoms with Crippen LogP contribution < -0.4 is 15.0 Å². The lowest BCUT2D eigenvalue weighted by Crippen LogP contribution is -2.60. The van der Waals surface area contributed by atoms with E-state index in [9.17, 15) is 9.59 Å². The van der Waals surface area contributed by atoms with Gasteiger partial charge in [-0.3, -0.25) is 14.5 Å². The lowest BCUT2D eigenvalue weighted by atomic mass is 10.0. The molecule has 118 valence electrons. The third-order valence-electron chi connectivity index (χ3n) is 3.84. The fourth-order valence-electron chi connectivity index (χ4n) is 2.42. The Balaban J connectivity index is 1.90. The molecule has 3 rings (SSSR count). The second-order valence-electron chi connectivity index (χ2n) is 5.64. The van der Waals surface area contributed by atoms with Crippen molar-refractivity contribution in [3.05, 3.63) is 48.2 Å². The number of nitrogens with one attached hydrogen (secondary N) is 1. The van der Waals surface area contributed by atoms with E-state index in [4.69, 9.17) is 4.74 Å². The Kier molecular flexibility index (Phi) is 3.52. The largest absolute Gasteiger partial charge is 0.464 e. The molecule has 0 fully saturated rings. The van der Waals surface area contributed by atoms with Gasteiger partial charge in [0.15, 0.2) is 11.6 Å². The number of benzene rings is 1. The molecule has 6 heteroatoms. The fourth-order valence-corrected chi connectivity index (χ4v) is 2.42. The molecule has 0 bridgehead atoms. The van der Waals surface area contributed by atoms with E-state index < -0.39 is 17.4 Å². The number of amides is 2. The van der Waals surface area contributed by atoms with Crippen molar-refractivity contribution in [1.29, 1.82) is 0 Å². The molecule has 1 atom stereocenters. The van der Waals surface area contributed by atoms with Crippen LogP contribution in [-0.4, -0.2) is 29.4 Å². The summed E-state index contributed by atoms with van der Waals surface area (Å²) in [6, 6.07) is 10.7. The van der Waals surface area contributed by atoms with Crippen LogP contribution in [0.15, 0.2) is 42.6 Å². The van der Waals surface area contributed by atoms with Crippen molar-refractivity contribution in [2.75, 3.05) is 17.3 Å². The highest BCUT2D eigenvalue weighted by molar-refractivity contribution is 6.19. The van der Waals surface area contributed by atoms with Crippen molar-refractivity contribution in [2.24, 2.45) is 0 Å². The average molecular weight is 311 g/mol. The Labute approximate surface area is 134 Å². The summed E-state index contributed by atoms with van der Waals surface area (Å²) >= 11 is 0. The van der Waals surface area contributed by atoms with Gasteiger partial charge in [-0.25, -0.2) is 4.98 Å². The summed E-state index contributed by atoms with van der Waals surface area (Å²) in [6.07, 6.45) is 1.57. The molecule has 6 nitrogen and oxygen atoms in total. The molecular formula is C17H17N3O3. The predicted molar refractivity (Wildman–Crippen MR) is 86.5 cm³/mol. The van der Waals surface area contributed by atoms with Gasteiger partial charge in [0.25, 0.3) is 17.4 Å². The zero-order valence-corrected chi connectivity index (χ0v) is 13.2. The van der Waals surface area contributed by atoms with Gasteiger partial charge in [-0.05, 0) is 38.1 Å². The third kappa shape index (κ3) is 2.52. The SMILES string of the molecule is Cc1ccc(NC(=O)[C@]2(C)Oc3cccnc3N(C)C2=O)cc1. The summed E-state index contributed by atoms with van der Waals surface area (Å²) in [6.45, 7) is 3.42. The highest BCUT2D eigenvalue weighted by Gasteiger charge is 2.50. The highest BCUT2D eigenvalue weighted by Crippen LogP contribution is 2.35. The summed E-state index contributed by atoms with van der Waals surface area (Å²) in [5.74, 6) is -0.185. The van der Waals surface area contributed by atoms with E-state index in [1.165, 1.54) is 11.8 Å². The molecule has 0 saturated heterocycles. The summed E-state index contributed by atoms with van der Waals surface area (Å²) in [7, 11) is 1.58. The highest BCUT2D eigenvalue weighted by atomic mass is 16.5. The number of aryl methyl sites for hydroxylation is 1. The number of hydrogen-bond acceptors (Lipinski definition) is 4. The van der Waals surface area contributed by atoms with Gasteiger partial charge in [0.1, 0.15) is 0 Å². The van der Waals surface area contributed by atoms with Crippen molar-refractivity contribution >= 4 is 23.3 Å². The van der Waals surface area contributed by atoms with Crippen LogP contribution in [0.25, 0.3) is 0 Å². The molecular weight excluding hydrogens is 294 g/mol. The van der Waals surface area contributed by atoms with E-state index in [2.05, 4.69) is 10.3 Å². The minimum Gasteiger partial charge on any atom is -0.464 e. The quantitative estimate of drug-likeness (QED) is 0.863. The first kappa shape index (κ1) is 15.0. The number of fused-ring (bicyclic) bond motifs is 1. The molecule has 0 saturated carbocycles. The zero-order chi connectivity index (χ0) is 16.6. The Bertz CT molecular complexity index is 773. The van der Waals surface area contributed by atoms with Gasteiger partial charge in [-0.2, -0.15) is 0 Å². The number of carbonyl (C=O) groups excluding carboxylic acids is 2. The maximum absolute atomic E-state index is 12.6. The van der Waals surface area contributed by atoms with E-state index in [0.29, 0.717) is 17.3 Å². The molecule has 1 aromatic heterocycles. The number of hydrogen-bond donors (Lipinski definition) is 1. The first-order valence-electron chi connectivity index (χ1n) is 7.22. The summed E-state index contributed by atoms with van der Waals surface area (Å²) < 4.78 is 5.69. The van der Waals surface area contributed by atoms with Crippen molar-refractivity contribution in [1.82, 2.24) is 4.98 Å². The number of nitrogens with zero attached hydrogens (tertiary/aromatic N) is 2. The van der Waals surface area contributed by atoms with Gasteiger partial charge >= 0.3 is 0 Å². The fraction of sp³-hybridized carbons (Fsp3) is 0.235. The number of carbonyl (C=O) groups is 2. The zero-order valence-electron chi connectivity index (χ0n) is 13.2. The maximum Gasteiger partial charge on any atom is 0.281 e. The first-order chi connectivity index (χ1) is 10.9. The molecule has 0 radical (unpaired) electrons. The molecule has 2 heterocycles. The molecule has 0 unspecified atom stereocenters. The summed E-state index contributed by atoms with van der Waals surface area (Å²) in [5.41, 5.74) is 0.0483.